The van der Waals surface area contributed by atoms with Crippen LogP contribution in [0.15, 0.2) is 36.5 Å². The number of carbonyl (C=O) groups is 1. The predicted octanol–water partition coefficient (Wildman–Crippen LogP) is 4.40. The summed E-state index contributed by atoms with van der Waals surface area (Å²) < 4.78 is 0. The summed E-state index contributed by atoms with van der Waals surface area (Å²) in [6.07, 6.45) is 12.2. The van der Waals surface area contributed by atoms with Gasteiger partial charge in [0.05, 0.1) is 22.3 Å². The van der Waals surface area contributed by atoms with Crippen LogP contribution in [0.1, 0.15) is 68.3 Å². The van der Waals surface area contributed by atoms with Gasteiger partial charge in [0.25, 0.3) is 0 Å². The highest BCUT2D eigenvalue weighted by molar-refractivity contribution is 5.97. The van der Waals surface area contributed by atoms with Gasteiger partial charge in [-0.3, -0.25) is 14.8 Å². The minimum atomic E-state index is -0.650. The summed E-state index contributed by atoms with van der Waals surface area (Å²) in [6, 6.07) is 11.0. The predicted molar refractivity (Wildman–Crippen MR) is 140 cm³/mol. The molecule has 35 heavy (non-hydrogen) atoms. The second-order valence-corrected chi connectivity index (χ2v) is 10.8. The monoisotopic (exact) mass is 469 g/mol. The van der Waals surface area contributed by atoms with Gasteiger partial charge >= 0.3 is 0 Å². The molecule has 1 saturated carbocycles. The highest BCUT2D eigenvalue weighted by atomic mass is 16.1. The third kappa shape index (κ3) is 3.88. The van der Waals surface area contributed by atoms with Crippen molar-refractivity contribution in [3.8, 4) is 11.1 Å². The van der Waals surface area contributed by atoms with Crippen molar-refractivity contribution in [2.24, 2.45) is 11.5 Å². The Labute approximate surface area is 207 Å². The highest BCUT2D eigenvalue weighted by Crippen LogP contribution is 2.41. The van der Waals surface area contributed by atoms with Crippen molar-refractivity contribution < 1.29 is 4.79 Å². The Balaban J connectivity index is 1.48. The number of aromatic nitrogens is 2. The maximum atomic E-state index is 12.6. The quantitative estimate of drug-likeness (QED) is 0.590. The van der Waals surface area contributed by atoms with Crippen LogP contribution in [0, 0.1) is 0 Å². The van der Waals surface area contributed by atoms with Crippen molar-refractivity contribution in [1.29, 1.82) is 0 Å². The molecule has 0 bridgehead atoms. The molecule has 0 radical (unpaired) electrons. The van der Waals surface area contributed by atoms with E-state index in [-0.39, 0.29) is 11.9 Å². The molecule has 4 N–H and O–H groups in total. The van der Waals surface area contributed by atoms with Crippen LogP contribution in [0.2, 0.25) is 0 Å². The van der Waals surface area contributed by atoms with Gasteiger partial charge in [0.1, 0.15) is 0 Å². The fraction of sp³-hybridized carbons (Fsp3) is 0.483. The van der Waals surface area contributed by atoms with E-state index < -0.39 is 5.41 Å². The topological polar surface area (TPSA) is 98.1 Å². The van der Waals surface area contributed by atoms with E-state index in [0.717, 1.165) is 86.8 Å². The van der Waals surface area contributed by atoms with Gasteiger partial charge in [-0.2, -0.15) is 0 Å². The first-order chi connectivity index (χ1) is 17.0. The van der Waals surface area contributed by atoms with Gasteiger partial charge in [-0.1, -0.05) is 25.3 Å². The number of amides is 1. The number of aryl methyl sites for hydroxylation is 1. The minimum Gasteiger partial charge on any atom is -0.369 e. The first-order valence-corrected chi connectivity index (χ1v) is 13.3. The molecular formula is C29H35N5O. The van der Waals surface area contributed by atoms with Crippen molar-refractivity contribution in [2.45, 2.75) is 75.7 Å². The standard InChI is InChI=1S/C29H35N5O/c30-21-11-15-34(18-21)27-22-6-2-3-7-24(22)33-25-9-8-19(16-23(25)27)20-10-14-32-26(17-20)29(28(31)35)12-4-1-5-13-29/h8-10,14,16-17,21H,1-7,11-13,15,18,30H2,(H2,31,35)/t21-/m0/s1. The molecular weight excluding hydrogens is 434 g/mol. The van der Waals surface area contributed by atoms with Crippen LogP contribution in [0.3, 0.4) is 0 Å². The van der Waals surface area contributed by atoms with E-state index in [1.165, 1.54) is 35.2 Å². The summed E-state index contributed by atoms with van der Waals surface area (Å²) in [7, 11) is 0. The summed E-state index contributed by atoms with van der Waals surface area (Å²) in [6.45, 7) is 1.90. The number of nitrogens with two attached hydrogens (primary N) is 2. The Morgan fingerprint density at radius 2 is 1.80 bits per heavy atom. The molecule has 1 aromatic carbocycles. The second-order valence-electron chi connectivity index (χ2n) is 10.8. The Hall–Kier alpha value is -2.99. The van der Waals surface area contributed by atoms with E-state index >= 15 is 0 Å². The smallest absolute Gasteiger partial charge is 0.229 e. The lowest BCUT2D eigenvalue weighted by Gasteiger charge is -2.33. The number of carbonyl (C=O) groups excluding carboxylic acids is 1. The average molecular weight is 470 g/mol. The molecule has 2 aromatic heterocycles. The molecule has 2 fully saturated rings. The van der Waals surface area contributed by atoms with Crippen LogP contribution >= 0.6 is 0 Å². The number of fused-ring (bicyclic) bond motifs is 2. The average Bonchev–Trinajstić information content (AvgIpc) is 3.33. The van der Waals surface area contributed by atoms with Gasteiger partial charge in [-0.15, -0.1) is 0 Å². The lowest BCUT2D eigenvalue weighted by molar-refractivity contribution is -0.124. The molecule has 1 atom stereocenters. The molecule has 2 aliphatic carbocycles. The van der Waals surface area contributed by atoms with Crippen LogP contribution in [0.25, 0.3) is 22.0 Å². The SMILES string of the molecule is NC(=O)C1(c2cc(-c3ccc4nc5c(c(N6CC[C@H](N)C6)c4c3)CCCC5)ccn2)CCCCC1. The van der Waals surface area contributed by atoms with Gasteiger partial charge in [-0.25, -0.2) is 0 Å². The first-order valence-electron chi connectivity index (χ1n) is 13.3. The van der Waals surface area contributed by atoms with Crippen LogP contribution in [0.4, 0.5) is 5.69 Å². The Kier molecular flexibility index (Phi) is 5.72. The molecule has 6 nitrogen and oxygen atoms in total. The zero-order valence-electron chi connectivity index (χ0n) is 20.4. The molecule has 1 aliphatic heterocycles. The first kappa shape index (κ1) is 22.5. The van der Waals surface area contributed by atoms with Crippen molar-refractivity contribution in [3.63, 3.8) is 0 Å². The number of primary amides is 1. The molecule has 3 aliphatic rings. The maximum absolute atomic E-state index is 12.6. The van der Waals surface area contributed by atoms with E-state index in [1.807, 2.05) is 12.3 Å². The van der Waals surface area contributed by atoms with E-state index in [1.54, 1.807) is 0 Å². The normalized spacial score (nSPS) is 21.7. The van der Waals surface area contributed by atoms with Gasteiger partial charge in [0, 0.05) is 36.4 Å². The van der Waals surface area contributed by atoms with Crippen LogP contribution in [-0.4, -0.2) is 35.0 Å². The van der Waals surface area contributed by atoms with Crippen LogP contribution < -0.4 is 16.4 Å². The number of hydrogen-bond donors (Lipinski definition) is 2. The van der Waals surface area contributed by atoms with Gasteiger partial charge in [0.15, 0.2) is 0 Å². The van der Waals surface area contributed by atoms with Gasteiger partial charge in [-0.05, 0) is 85.9 Å². The number of nitrogens with zero attached hydrogens (tertiary/aromatic N) is 3. The fourth-order valence-corrected chi connectivity index (χ4v) is 6.59. The molecule has 0 unspecified atom stereocenters. The van der Waals surface area contributed by atoms with Crippen molar-refractivity contribution in [2.75, 3.05) is 18.0 Å². The summed E-state index contributed by atoms with van der Waals surface area (Å²) in [5.41, 5.74) is 19.7. The number of rotatable bonds is 4. The largest absolute Gasteiger partial charge is 0.369 e. The summed E-state index contributed by atoms with van der Waals surface area (Å²) in [5, 5.41) is 1.21. The molecule has 1 saturated heterocycles. The Bertz CT molecular complexity index is 1280. The van der Waals surface area contributed by atoms with E-state index in [4.69, 9.17) is 16.5 Å². The maximum Gasteiger partial charge on any atom is 0.229 e. The lowest BCUT2D eigenvalue weighted by Crippen LogP contribution is -2.43. The second kappa shape index (κ2) is 8.90. The van der Waals surface area contributed by atoms with Crippen molar-refractivity contribution in [3.05, 3.63) is 53.5 Å². The highest BCUT2D eigenvalue weighted by Gasteiger charge is 2.41. The summed E-state index contributed by atoms with van der Waals surface area (Å²) in [4.78, 5) is 24.9. The lowest BCUT2D eigenvalue weighted by atomic mass is 9.70. The summed E-state index contributed by atoms with van der Waals surface area (Å²) >= 11 is 0. The molecule has 1 amide bonds. The summed E-state index contributed by atoms with van der Waals surface area (Å²) in [5.74, 6) is -0.246. The van der Waals surface area contributed by atoms with E-state index in [2.05, 4.69) is 34.1 Å². The molecule has 3 aromatic rings. The van der Waals surface area contributed by atoms with Gasteiger partial charge in [0.2, 0.25) is 5.91 Å². The number of benzene rings is 1. The number of anilines is 1. The minimum absolute atomic E-state index is 0.226. The molecule has 6 rings (SSSR count). The third-order valence-corrected chi connectivity index (χ3v) is 8.53. The van der Waals surface area contributed by atoms with Crippen LogP contribution in [-0.2, 0) is 23.1 Å². The molecule has 0 spiro atoms. The number of pyridine rings is 2. The van der Waals surface area contributed by atoms with Crippen molar-refractivity contribution in [1.82, 2.24) is 9.97 Å². The number of hydrogen-bond acceptors (Lipinski definition) is 5. The Morgan fingerprint density at radius 3 is 2.57 bits per heavy atom. The third-order valence-electron chi connectivity index (χ3n) is 8.53. The van der Waals surface area contributed by atoms with Gasteiger partial charge < -0.3 is 16.4 Å². The van der Waals surface area contributed by atoms with E-state index in [0.29, 0.717) is 0 Å². The Morgan fingerprint density at radius 1 is 1.00 bits per heavy atom. The van der Waals surface area contributed by atoms with Crippen molar-refractivity contribution >= 4 is 22.5 Å². The van der Waals surface area contributed by atoms with Crippen LogP contribution in [0.5, 0.6) is 0 Å². The zero-order valence-corrected chi connectivity index (χ0v) is 20.4. The van der Waals surface area contributed by atoms with E-state index in [9.17, 15) is 4.79 Å². The molecule has 182 valence electrons. The zero-order chi connectivity index (χ0) is 24.0. The molecule has 6 heteroatoms. The fourth-order valence-electron chi connectivity index (χ4n) is 6.59. The molecule has 3 heterocycles.